The molecule has 0 aliphatic rings. The van der Waals surface area contributed by atoms with Gasteiger partial charge in [0.1, 0.15) is 17.5 Å². The van der Waals surface area contributed by atoms with Crippen LogP contribution in [-0.4, -0.2) is 24.9 Å². The van der Waals surface area contributed by atoms with Crippen molar-refractivity contribution in [3.63, 3.8) is 0 Å². The van der Waals surface area contributed by atoms with E-state index in [0.29, 0.717) is 17.5 Å². The highest BCUT2D eigenvalue weighted by Crippen LogP contribution is 2.41. The molecule has 248 valence electrons. The summed E-state index contributed by atoms with van der Waals surface area (Å²) in [6.07, 6.45) is 3.46. The molecule has 6 nitrogen and oxygen atoms in total. The minimum atomic E-state index is 0.618. The van der Waals surface area contributed by atoms with Gasteiger partial charge in [0.15, 0.2) is 17.5 Å². The van der Waals surface area contributed by atoms with Gasteiger partial charge in [-0.1, -0.05) is 146 Å². The van der Waals surface area contributed by atoms with Gasteiger partial charge in [-0.25, -0.2) is 24.9 Å². The normalized spacial score (nSPS) is 11.4. The third kappa shape index (κ3) is 5.59. The molecule has 0 spiro atoms. The average molecular weight is 680 g/mol. The van der Waals surface area contributed by atoms with Crippen molar-refractivity contribution in [2.45, 2.75) is 0 Å². The van der Waals surface area contributed by atoms with Crippen LogP contribution in [0, 0.1) is 0 Å². The van der Waals surface area contributed by atoms with Crippen LogP contribution in [0.1, 0.15) is 0 Å². The summed E-state index contributed by atoms with van der Waals surface area (Å²) >= 11 is 0. The molecule has 10 aromatic rings. The molecular weight excluding hydrogens is 651 g/mol. The monoisotopic (exact) mass is 679 g/mol. The van der Waals surface area contributed by atoms with Crippen molar-refractivity contribution < 1.29 is 4.42 Å². The van der Waals surface area contributed by atoms with Crippen molar-refractivity contribution in [1.82, 2.24) is 24.9 Å². The van der Waals surface area contributed by atoms with Gasteiger partial charge in [-0.2, -0.15) is 0 Å². The van der Waals surface area contributed by atoms with Gasteiger partial charge in [0.2, 0.25) is 0 Å². The van der Waals surface area contributed by atoms with E-state index in [4.69, 9.17) is 19.4 Å². The number of para-hydroxylation sites is 1. The number of hydrogen-bond acceptors (Lipinski definition) is 6. The number of rotatable bonds is 6. The second kappa shape index (κ2) is 12.8. The third-order valence-electron chi connectivity index (χ3n) is 9.68. The Morgan fingerprint density at radius 3 is 1.60 bits per heavy atom. The van der Waals surface area contributed by atoms with Crippen LogP contribution >= 0.6 is 0 Å². The van der Waals surface area contributed by atoms with Gasteiger partial charge in [0, 0.05) is 39.2 Å². The van der Waals surface area contributed by atoms with Crippen LogP contribution in [0.25, 0.3) is 100 Å². The molecule has 0 bridgehead atoms. The molecule has 3 heterocycles. The highest BCUT2D eigenvalue weighted by molar-refractivity contribution is 6.21. The van der Waals surface area contributed by atoms with E-state index in [1.807, 2.05) is 60.8 Å². The molecule has 10 rings (SSSR count). The lowest BCUT2D eigenvalue weighted by Gasteiger charge is -2.11. The number of hydrogen-bond donors (Lipinski definition) is 0. The Morgan fingerprint density at radius 2 is 0.925 bits per heavy atom. The van der Waals surface area contributed by atoms with Gasteiger partial charge in [0.05, 0.1) is 10.9 Å². The number of benzene rings is 7. The highest BCUT2D eigenvalue weighted by atomic mass is 16.3. The molecule has 0 saturated heterocycles. The standard InChI is InChI=1S/C47H29N5O/c1-3-10-30(11-4-1)31-18-22-34(23-19-31)46-50-45(33-12-5-2-6-13-33)51-47(52-46)35-24-20-32(21-25-35)36-14-9-15-37(26-36)40-27-38-28-48-29-49-43(38)42-39-16-7-8-17-41(39)53-44(40)42/h1-29H. The van der Waals surface area contributed by atoms with Gasteiger partial charge in [-0.05, 0) is 46.0 Å². The Morgan fingerprint density at radius 1 is 0.415 bits per heavy atom. The quantitative estimate of drug-likeness (QED) is 0.174. The molecule has 53 heavy (non-hydrogen) atoms. The molecule has 3 aromatic heterocycles. The molecule has 0 N–H and O–H groups in total. The first-order valence-electron chi connectivity index (χ1n) is 17.5. The molecule has 0 unspecified atom stereocenters. The Kier molecular flexibility index (Phi) is 7.36. The van der Waals surface area contributed by atoms with Crippen molar-refractivity contribution in [1.29, 1.82) is 0 Å². The lowest BCUT2D eigenvalue weighted by atomic mass is 9.96. The lowest BCUT2D eigenvalue weighted by Crippen LogP contribution is -2.00. The fraction of sp³-hybridized carbons (Fsp3) is 0. The summed E-state index contributed by atoms with van der Waals surface area (Å²) < 4.78 is 6.49. The zero-order valence-electron chi connectivity index (χ0n) is 28.4. The second-order valence-corrected chi connectivity index (χ2v) is 13.0. The van der Waals surface area contributed by atoms with Crippen molar-refractivity contribution in [2.24, 2.45) is 0 Å². The van der Waals surface area contributed by atoms with Crippen molar-refractivity contribution >= 4 is 32.8 Å². The fourth-order valence-corrected chi connectivity index (χ4v) is 7.03. The van der Waals surface area contributed by atoms with E-state index < -0.39 is 0 Å². The molecule has 0 aliphatic carbocycles. The van der Waals surface area contributed by atoms with Crippen LogP contribution in [0.3, 0.4) is 0 Å². The molecule has 0 saturated carbocycles. The summed E-state index contributed by atoms with van der Waals surface area (Å²) in [6.45, 7) is 0. The second-order valence-electron chi connectivity index (χ2n) is 13.0. The van der Waals surface area contributed by atoms with Crippen molar-refractivity contribution in [3.8, 4) is 67.5 Å². The maximum absolute atomic E-state index is 6.49. The summed E-state index contributed by atoms with van der Waals surface area (Å²) in [6, 6.07) is 56.0. The van der Waals surface area contributed by atoms with Gasteiger partial charge in [-0.3, -0.25) is 0 Å². The van der Waals surface area contributed by atoms with E-state index in [9.17, 15) is 0 Å². The summed E-state index contributed by atoms with van der Waals surface area (Å²) in [5.74, 6) is 1.88. The van der Waals surface area contributed by atoms with Gasteiger partial charge < -0.3 is 4.42 Å². The molecule has 0 amide bonds. The van der Waals surface area contributed by atoms with Gasteiger partial charge >= 0.3 is 0 Å². The van der Waals surface area contributed by atoms with Crippen LogP contribution in [0.5, 0.6) is 0 Å². The van der Waals surface area contributed by atoms with Crippen LogP contribution in [0.2, 0.25) is 0 Å². The first kappa shape index (κ1) is 30.5. The van der Waals surface area contributed by atoms with Crippen LogP contribution in [0.4, 0.5) is 0 Å². The lowest BCUT2D eigenvalue weighted by molar-refractivity contribution is 0.670. The van der Waals surface area contributed by atoms with E-state index in [1.165, 1.54) is 5.56 Å². The third-order valence-corrected chi connectivity index (χ3v) is 9.68. The van der Waals surface area contributed by atoms with Crippen LogP contribution in [-0.2, 0) is 0 Å². The molecule has 0 radical (unpaired) electrons. The van der Waals surface area contributed by atoms with E-state index >= 15 is 0 Å². The Balaban J connectivity index is 1.03. The molecule has 0 atom stereocenters. The summed E-state index contributed by atoms with van der Waals surface area (Å²) in [5, 5.41) is 3.01. The summed E-state index contributed by atoms with van der Waals surface area (Å²) in [4.78, 5) is 23.8. The maximum Gasteiger partial charge on any atom is 0.164 e. The number of furan rings is 1. The van der Waals surface area contributed by atoms with E-state index in [2.05, 4.69) is 119 Å². The van der Waals surface area contributed by atoms with Crippen molar-refractivity contribution in [3.05, 3.63) is 176 Å². The molecule has 0 aliphatic heterocycles. The Labute approximate surface area is 305 Å². The minimum Gasteiger partial charge on any atom is -0.455 e. The largest absolute Gasteiger partial charge is 0.455 e. The Hall–Kier alpha value is -7.31. The summed E-state index contributed by atoms with van der Waals surface area (Å²) in [7, 11) is 0. The Bertz CT molecular complexity index is 2920. The van der Waals surface area contributed by atoms with Crippen molar-refractivity contribution in [2.75, 3.05) is 0 Å². The fourth-order valence-electron chi connectivity index (χ4n) is 7.03. The molecule has 6 heteroatoms. The van der Waals surface area contributed by atoms with Crippen LogP contribution in [0.15, 0.2) is 181 Å². The molecule has 7 aromatic carbocycles. The predicted molar refractivity (Wildman–Crippen MR) is 213 cm³/mol. The van der Waals surface area contributed by atoms with E-state index in [-0.39, 0.29) is 0 Å². The highest BCUT2D eigenvalue weighted by Gasteiger charge is 2.18. The number of aromatic nitrogens is 5. The topological polar surface area (TPSA) is 77.6 Å². The smallest absolute Gasteiger partial charge is 0.164 e. The first-order chi connectivity index (χ1) is 26.2. The average Bonchev–Trinajstić information content (AvgIpc) is 3.64. The zero-order chi connectivity index (χ0) is 35.1. The minimum absolute atomic E-state index is 0.618. The van der Waals surface area contributed by atoms with E-state index in [0.717, 1.165) is 77.3 Å². The number of nitrogens with zero attached hydrogens (tertiary/aromatic N) is 5. The van der Waals surface area contributed by atoms with Crippen LogP contribution < -0.4 is 0 Å². The maximum atomic E-state index is 6.49. The van der Waals surface area contributed by atoms with E-state index in [1.54, 1.807) is 6.33 Å². The molecular formula is C47H29N5O. The zero-order valence-corrected chi connectivity index (χ0v) is 28.4. The predicted octanol–water partition coefficient (Wildman–Crippen LogP) is 11.7. The number of fused-ring (bicyclic) bond motifs is 5. The molecule has 0 fully saturated rings. The van der Waals surface area contributed by atoms with Gasteiger partial charge in [0.25, 0.3) is 0 Å². The SMILES string of the molecule is c1ccc(-c2ccc(-c3nc(-c4ccccc4)nc(-c4ccc(-c5cccc(-c6cc7cncnc7c7c6oc6ccccc67)c5)cc4)n3)cc2)cc1. The van der Waals surface area contributed by atoms with Gasteiger partial charge in [-0.15, -0.1) is 0 Å². The first-order valence-corrected chi connectivity index (χ1v) is 17.5. The summed E-state index contributed by atoms with van der Waals surface area (Å²) in [5.41, 5.74) is 11.8.